The second-order valence-electron chi connectivity index (χ2n) is 7.17. The maximum atomic E-state index is 12.8. The monoisotopic (exact) mass is 401 g/mol. The van der Waals surface area contributed by atoms with E-state index in [1.54, 1.807) is 6.92 Å². The number of amides is 2. The van der Waals surface area contributed by atoms with E-state index in [0.29, 0.717) is 29.3 Å². The third-order valence-corrected chi connectivity index (χ3v) is 4.89. The summed E-state index contributed by atoms with van der Waals surface area (Å²) in [5, 5.41) is 9.18. The van der Waals surface area contributed by atoms with Crippen LogP contribution in [0, 0.1) is 12.8 Å². The van der Waals surface area contributed by atoms with Crippen molar-refractivity contribution in [2.75, 3.05) is 23.7 Å². The molecule has 1 unspecified atom stereocenters. The van der Waals surface area contributed by atoms with Crippen LogP contribution in [0.1, 0.15) is 41.3 Å². The van der Waals surface area contributed by atoms with Gasteiger partial charge >= 0.3 is 0 Å². The molecule has 3 N–H and O–H groups in total. The summed E-state index contributed by atoms with van der Waals surface area (Å²) in [7, 11) is 0. The minimum atomic E-state index is -0.168. The van der Waals surface area contributed by atoms with Gasteiger partial charge in [-0.1, -0.05) is 25.1 Å². The summed E-state index contributed by atoms with van der Waals surface area (Å²) < 4.78 is 0. The summed E-state index contributed by atoms with van der Waals surface area (Å²) in [6, 6.07) is 13.4. The van der Waals surface area contributed by atoms with Gasteiger partial charge in [0.15, 0.2) is 0 Å². The van der Waals surface area contributed by atoms with Crippen LogP contribution >= 0.6 is 12.4 Å². The number of benzene rings is 2. The molecule has 0 aromatic heterocycles. The normalized spacial score (nSPS) is 15.6. The van der Waals surface area contributed by atoms with Crippen LogP contribution in [0.25, 0.3) is 0 Å². The lowest BCUT2D eigenvalue weighted by molar-refractivity contribution is -0.115. The highest BCUT2D eigenvalue weighted by Crippen LogP contribution is 2.24. The molecule has 1 saturated heterocycles. The zero-order chi connectivity index (χ0) is 19.2. The summed E-state index contributed by atoms with van der Waals surface area (Å²) in [4.78, 5) is 24.5. The Bertz CT molecular complexity index is 832. The van der Waals surface area contributed by atoms with Crippen molar-refractivity contribution in [3.05, 3.63) is 59.2 Å². The Kier molecular flexibility index (Phi) is 8.03. The van der Waals surface area contributed by atoms with E-state index in [2.05, 4.69) is 22.0 Å². The van der Waals surface area contributed by atoms with E-state index in [4.69, 9.17) is 0 Å². The highest BCUT2D eigenvalue weighted by molar-refractivity contribution is 6.07. The lowest BCUT2D eigenvalue weighted by atomic mass is 9.97. The minimum Gasteiger partial charge on any atom is -0.324 e. The number of carbonyl (C=O) groups is 2. The van der Waals surface area contributed by atoms with Gasteiger partial charge in [-0.25, -0.2) is 0 Å². The van der Waals surface area contributed by atoms with Crippen molar-refractivity contribution in [3.8, 4) is 0 Å². The number of carbonyl (C=O) groups excluding carboxylic acids is 2. The van der Waals surface area contributed by atoms with Crippen molar-refractivity contribution in [1.29, 1.82) is 0 Å². The number of rotatable bonds is 6. The molecule has 3 rings (SSSR count). The first-order valence-electron chi connectivity index (χ1n) is 9.56. The molecule has 0 bridgehead atoms. The van der Waals surface area contributed by atoms with Crippen LogP contribution in [0.4, 0.5) is 11.4 Å². The standard InChI is InChI=1S/C22H27N3O2.ClH/c1-3-21(26)24-19-8-7-15(2)11-20(19)25-22(27)18-6-4-5-16(13-18)12-17-9-10-23-14-17;/h4-8,11,13,17,23H,3,9-10,12,14H2,1-2H3,(H,24,26)(H,25,27);1H. The van der Waals surface area contributed by atoms with Crippen molar-refractivity contribution < 1.29 is 9.59 Å². The second kappa shape index (κ2) is 10.2. The molecule has 0 spiro atoms. The number of aryl methyl sites for hydroxylation is 1. The van der Waals surface area contributed by atoms with Gasteiger partial charge in [0.2, 0.25) is 5.91 Å². The Morgan fingerprint density at radius 2 is 1.93 bits per heavy atom. The maximum Gasteiger partial charge on any atom is 0.255 e. The van der Waals surface area contributed by atoms with E-state index in [0.717, 1.165) is 25.1 Å². The smallest absolute Gasteiger partial charge is 0.255 e. The lowest BCUT2D eigenvalue weighted by Crippen LogP contribution is -2.16. The number of hydrogen-bond donors (Lipinski definition) is 3. The molecule has 150 valence electrons. The molecule has 28 heavy (non-hydrogen) atoms. The predicted molar refractivity (Wildman–Crippen MR) is 116 cm³/mol. The average molecular weight is 402 g/mol. The highest BCUT2D eigenvalue weighted by Gasteiger charge is 2.16. The molecular weight excluding hydrogens is 374 g/mol. The number of nitrogens with one attached hydrogen (secondary N) is 3. The minimum absolute atomic E-state index is 0. The Hall–Kier alpha value is -2.37. The maximum absolute atomic E-state index is 12.8. The summed E-state index contributed by atoms with van der Waals surface area (Å²) in [6.45, 7) is 5.87. The van der Waals surface area contributed by atoms with Crippen molar-refractivity contribution in [2.45, 2.75) is 33.1 Å². The van der Waals surface area contributed by atoms with Gasteiger partial charge in [0.05, 0.1) is 11.4 Å². The number of anilines is 2. The molecule has 6 heteroatoms. The van der Waals surface area contributed by atoms with E-state index in [1.807, 2.05) is 43.3 Å². The lowest BCUT2D eigenvalue weighted by Gasteiger charge is -2.14. The zero-order valence-electron chi connectivity index (χ0n) is 16.4. The van der Waals surface area contributed by atoms with Gasteiger partial charge in [0.1, 0.15) is 0 Å². The van der Waals surface area contributed by atoms with Crippen LogP contribution in [0.2, 0.25) is 0 Å². The Morgan fingerprint density at radius 3 is 2.64 bits per heavy atom. The van der Waals surface area contributed by atoms with Crippen LogP contribution in [0.3, 0.4) is 0 Å². The fraction of sp³-hybridized carbons (Fsp3) is 0.364. The molecule has 1 aliphatic rings. The molecule has 0 radical (unpaired) electrons. The Balaban J connectivity index is 0.00000280. The third-order valence-electron chi connectivity index (χ3n) is 4.89. The van der Waals surface area contributed by atoms with Gasteiger partial charge in [-0.3, -0.25) is 9.59 Å². The quantitative estimate of drug-likeness (QED) is 0.680. The van der Waals surface area contributed by atoms with E-state index in [-0.39, 0.29) is 24.2 Å². The van der Waals surface area contributed by atoms with E-state index in [9.17, 15) is 9.59 Å². The molecular formula is C22H28ClN3O2. The molecule has 1 aliphatic heterocycles. The highest BCUT2D eigenvalue weighted by atomic mass is 35.5. The molecule has 5 nitrogen and oxygen atoms in total. The first-order valence-corrected chi connectivity index (χ1v) is 9.56. The van der Waals surface area contributed by atoms with Crippen molar-refractivity contribution in [3.63, 3.8) is 0 Å². The molecule has 1 heterocycles. The number of halogens is 1. The molecule has 0 aliphatic carbocycles. The van der Waals surface area contributed by atoms with Crippen molar-refractivity contribution in [1.82, 2.24) is 5.32 Å². The third kappa shape index (κ3) is 5.81. The van der Waals surface area contributed by atoms with Crippen molar-refractivity contribution in [2.24, 2.45) is 5.92 Å². The molecule has 2 aromatic carbocycles. The van der Waals surface area contributed by atoms with Gasteiger partial charge in [-0.15, -0.1) is 12.4 Å². The predicted octanol–water partition coefficient (Wildman–Crippen LogP) is 4.17. The van der Waals surface area contributed by atoms with Crippen LogP contribution in [-0.2, 0) is 11.2 Å². The first kappa shape index (κ1) is 21.9. The zero-order valence-corrected chi connectivity index (χ0v) is 17.2. The van der Waals surface area contributed by atoms with Gasteiger partial charge < -0.3 is 16.0 Å². The summed E-state index contributed by atoms with van der Waals surface area (Å²) >= 11 is 0. The Labute approximate surface area is 172 Å². The number of hydrogen-bond acceptors (Lipinski definition) is 3. The van der Waals surface area contributed by atoms with Crippen molar-refractivity contribution >= 4 is 35.6 Å². The summed E-state index contributed by atoms with van der Waals surface area (Å²) in [6.07, 6.45) is 2.55. The second-order valence-corrected chi connectivity index (χ2v) is 7.17. The average Bonchev–Trinajstić information content (AvgIpc) is 3.17. The molecule has 2 aromatic rings. The van der Waals surface area contributed by atoms with E-state index >= 15 is 0 Å². The summed E-state index contributed by atoms with van der Waals surface area (Å²) in [5.41, 5.74) is 4.07. The SMILES string of the molecule is CCC(=O)Nc1ccc(C)cc1NC(=O)c1cccc(CC2CCNC2)c1.Cl. The fourth-order valence-corrected chi connectivity index (χ4v) is 3.37. The van der Waals surface area contributed by atoms with Gasteiger partial charge in [-0.2, -0.15) is 0 Å². The van der Waals surface area contributed by atoms with Gasteiger partial charge in [0, 0.05) is 12.0 Å². The molecule has 1 atom stereocenters. The van der Waals surface area contributed by atoms with Gasteiger partial charge in [-0.05, 0) is 74.2 Å². The van der Waals surface area contributed by atoms with E-state index < -0.39 is 0 Å². The van der Waals surface area contributed by atoms with Crippen LogP contribution in [0.15, 0.2) is 42.5 Å². The van der Waals surface area contributed by atoms with Crippen LogP contribution in [0.5, 0.6) is 0 Å². The fourth-order valence-electron chi connectivity index (χ4n) is 3.37. The molecule has 1 fully saturated rings. The summed E-state index contributed by atoms with van der Waals surface area (Å²) in [5.74, 6) is 0.386. The molecule has 2 amide bonds. The van der Waals surface area contributed by atoms with Gasteiger partial charge in [0.25, 0.3) is 5.91 Å². The largest absolute Gasteiger partial charge is 0.324 e. The molecule has 0 saturated carbocycles. The topological polar surface area (TPSA) is 70.2 Å². The van der Waals surface area contributed by atoms with Crippen LogP contribution in [-0.4, -0.2) is 24.9 Å². The first-order chi connectivity index (χ1) is 13.0. The Morgan fingerprint density at radius 1 is 1.11 bits per heavy atom. The van der Waals surface area contributed by atoms with E-state index in [1.165, 1.54) is 12.0 Å². The van der Waals surface area contributed by atoms with Crippen LogP contribution < -0.4 is 16.0 Å².